The molecule has 156 valence electrons. The molecule has 2 aliphatic carbocycles. The fourth-order valence-electron chi connectivity index (χ4n) is 5.66. The molecule has 0 saturated heterocycles. The third-order valence-electron chi connectivity index (χ3n) is 7.03. The van der Waals surface area contributed by atoms with Gasteiger partial charge in [0, 0.05) is 11.1 Å². The topological polar surface area (TPSA) is 52.3 Å². The number of nitrogens with two attached hydrogens (primary N) is 1. The van der Waals surface area contributed by atoms with Gasteiger partial charge >= 0.3 is 6.09 Å². The molecule has 4 aromatic carbocycles. The van der Waals surface area contributed by atoms with Gasteiger partial charge in [-0.2, -0.15) is 0 Å². The molecule has 0 aromatic heterocycles. The molecule has 3 heteroatoms. The molecular formula is C29H23NO2. The van der Waals surface area contributed by atoms with Crippen molar-refractivity contribution in [1.82, 2.24) is 0 Å². The predicted molar refractivity (Wildman–Crippen MR) is 126 cm³/mol. The van der Waals surface area contributed by atoms with Crippen LogP contribution in [0.1, 0.15) is 40.3 Å². The molecule has 0 unspecified atom stereocenters. The molecule has 0 spiro atoms. The Morgan fingerprint density at radius 2 is 1.12 bits per heavy atom. The van der Waals surface area contributed by atoms with Crippen LogP contribution in [0.4, 0.5) is 4.79 Å². The highest BCUT2D eigenvalue weighted by Crippen LogP contribution is 2.48. The third-order valence-corrected chi connectivity index (χ3v) is 7.03. The maximum absolute atomic E-state index is 12.2. The van der Waals surface area contributed by atoms with E-state index in [0.717, 1.165) is 24.0 Å². The fraction of sp³-hybridized carbons (Fsp3) is 0.138. The molecule has 0 fully saturated rings. The molecular weight excluding hydrogens is 394 g/mol. The molecule has 0 atom stereocenters. The van der Waals surface area contributed by atoms with E-state index < -0.39 is 11.7 Å². The number of ether oxygens (including phenoxy) is 1. The Kier molecular flexibility index (Phi) is 4.03. The molecule has 1 amide bonds. The number of amides is 1. The van der Waals surface area contributed by atoms with E-state index in [9.17, 15) is 4.79 Å². The molecule has 32 heavy (non-hydrogen) atoms. The van der Waals surface area contributed by atoms with Crippen molar-refractivity contribution in [2.75, 3.05) is 0 Å². The van der Waals surface area contributed by atoms with Crippen molar-refractivity contribution in [3.8, 4) is 22.3 Å². The number of fused-ring (bicyclic) bond motifs is 6. The number of carbonyl (C=O) groups excluding carboxylic acids is 1. The first kappa shape index (κ1) is 18.9. The average Bonchev–Trinajstić information content (AvgIpc) is 3.36. The number of hydrogen-bond donors (Lipinski definition) is 1. The van der Waals surface area contributed by atoms with Crippen LogP contribution in [0, 0.1) is 0 Å². The van der Waals surface area contributed by atoms with Crippen molar-refractivity contribution in [2.45, 2.75) is 25.4 Å². The van der Waals surface area contributed by atoms with Crippen molar-refractivity contribution < 1.29 is 9.53 Å². The number of benzene rings is 4. The van der Waals surface area contributed by atoms with E-state index >= 15 is 0 Å². The zero-order valence-electron chi connectivity index (χ0n) is 17.9. The summed E-state index contributed by atoms with van der Waals surface area (Å²) in [6.45, 7) is 1.98. The maximum Gasteiger partial charge on any atom is 0.405 e. The van der Waals surface area contributed by atoms with Gasteiger partial charge in [-0.1, -0.05) is 84.9 Å². The Morgan fingerprint density at radius 3 is 1.59 bits per heavy atom. The summed E-state index contributed by atoms with van der Waals surface area (Å²) in [7, 11) is 0. The van der Waals surface area contributed by atoms with Gasteiger partial charge in [0.15, 0.2) is 5.60 Å². The largest absolute Gasteiger partial charge is 0.434 e. The smallest absolute Gasteiger partial charge is 0.405 e. The highest BCUT2D eigenvalue weighted by atomic mass is 16.6. The number of primary amides is 1. The quantitative estimate of drug-likeness (QED) is 0.373. The van der Waals surface area contributed by atoms with Crippen LogP contribution >= 0.6 is 0 Å². The predicted octanol–water partition coefficient (Wildman–Crippen LogP) is 6.19. The minimum Gasteiger partial charge on any atom is -0.434 e. The lowest BCUT2D eigenvalue weighted by Gasteiger charge is -2.33. The van der Waals surface area contributed by atoms with E-state index in [1.54, 1.807) is 0 Å². The summed E-state index contributed by atoms with van der Waals surface area (Å²) >= 11 is 0. The molecule has 0 bridgehead atoms. The maximum atomic E-state index is 12.2. The van der Waals surface area contributed by atoms with E-state index in [1.165, 1.54) is 44.5 Å². The SMILES string of the molecule is CC(OC(N)=O)(c1cccc2c1Cc1ccccc1-2)c1cccc2c1Cc1ccccc1-2. The Morgan fingerprint density at radius 1 is 0.688 bits per heavy atom. The Labute approximate surface area is 187 Å². The molecule has 2 aliphatic rings. The van der Waals surface area contributed by atoms with E-state index in [0.29, 0.717) is 0 Å². The van der Waals surface area contributed by atoms with Crippen LogP contribution in [0.5, 0.6) is 0 Å². The molecule has 0 heterocycles. The standard InChI is InChI=1S/C29H23NO2/c1-29(32-28(30)31,26-14-6-12-22-20-10-4-2-8-18(20)16-24(22)26)27-15-7-13-23-21-11-5-3-9-19(21)17-25(23)27/h2-15H,16-17H2,1H3,(H2,30,31). The lowest BCUT2D eigenvalue weighted by molar-refractivity contribution is 0.0586. The van der Waals surface area contributed by atoms with E-state index in [1.807, 2.05) is 6.92 Å². The Hall–Kier alpha value is -3.85. The first-order valence-corrected chi connectivity index (χ1v) is 11.0. The zero-order chi connectivity index (χ0) is 21.9. The molecule has 0 saturated carbocycles. The first-order chi connectivity index (χ1) is 15.6. The monoisotopic (exact) mass is 417 g/mol. The fourth-order valence-corrected chi connectivity index (χ4v) is 5.66. The van der Waals surface area contributed by atoms with Crippen LogP contribution in [0.25, 0.3) is 22.3 Å². The highest BCUT2D eigenvalue weighted by Gasteiger charge is 2.40. The lowest BCUT2D eigenvalue weighted by atomic mass is 9.80. The lowest BCUT2D eigenvalue weighted by Crippen LogP contribution is -2.35. The molecule has 6 rings (SSSR count). The van der Waals surface area contributed by atoms with Gasteiger partial charge in [0.1, 0.15) is 0 Å². The zero-order valence-corrected chi connectivity index (χ0v) is 17.9. The van der Waals surface area contributed by atoms with Crippen molar-refractivity contribution in [3.05, 3.63) is 118 Å². The second-order valence-electron chi connectivity index (χ2n) is 8.79. The van der Waals surface area contributed by atoms with Gasteiger partial charge in [0.25, 0.3) is 0 Å². The molecule has 0 radical (unpaired) electrons. The summed E-state index contributed by atoms with van der Waals surface area (Å²) in [6, 6.07) is 29.5. The van der Waals surface area contributed by atoms with Gasteiger partial charge in [0.05, 0.1) is 0 Å². The summed E-state index contributed by atoms with van der Waals surface area (Å²) < 4.78 is 6.00. The average molecular weight is 418 g/mol. The number of carbonyl (C=O) groups is 1. The van der Waals surface area contributed by atoms with Crippen LogP contribution in [-0.2, 0) is 23.2 Å². The minimum atomic E-state index is -0.993. The van der Waals surface area contributed by atoms with Crippen LogP contribution in [0.3, 0.4) is 0 Å². The van der Waals surface area contributed by atoms with Crippen LogP contribution in [-0.4, -0.2) is 6.09 Å². The normalized spacial score (nSPS) is 13.2. The van der Waals surface area contributed by atoms with Gasteiger partial charge in [-0.25, -0.2) is 4.79 Å². The second-order valence-corrected chi connectivity index (χ2v) is 8.79. The Bertz CT molecular complexity index is 1310. The summed E-state index contributed by atoms with van der Waals surface area (Å²) in [5.41, 5.74) is 16.5. The van der Waals surface area contributed by atoms with E-state index in [2.05, 4.69) is 84.9 Å². The summed E-state index contributed by atoms with van der Waals surface area (Å²) in [4.78, 5) is 12.2. The highest BCUT2D eigenvalue weighted by molar-refractivity contribution is 5.81. The van der Waals surface area contributed by atoms with Gasteiger partial charge in [-0.15, -0.1) is 0 Å². The number of rotatable bonds is 3. The third kappa shape index (κ3) is 2.64. The van der Waals surface area contributed by atoms with Crippen molar-refractivity contribution in [1.29, 1.82) is 0 Å². The van der Waals surface area contributed by atoms with Crippen LogP contribution in [0.2, 0.25) is 0 Å². The minimum absolute atomic E-state index is 0.770. The van der Waals surface area contributed by atoms with Crippen LogP contribution < -0.4 is 5.73 Å². The molecule has 0 aliphatic heterocycles. The van der Waals surface area contributed by atoms with E-state index in [4.69, 9.17) is 10.5 Å². The van der Waals surface area contributed by atoms with Crippen LogP contribution in [0.15, 0.2) is 84.9 Å². The molecule has 3 nitrogen and oxygen atoms in total. The van der Waals surface area contributed by atoms with Crippen molar-refractivity contribution >= 4 is 6.09 Å². The van der Waals surface area contributed by atoms with Gasteiger partial charge in [-0.3, -0.25) is 0 Å². The number of hydrogen-bond acceptors (Lipinski definition) is 2. The van der Waals surface area contributed by atoms with Gasteiger partial charge in [0.2, 0.25) is 0 Å². The summed E-state index contributed by atoms with van der Waals surface area (Å²) in [5.74, 6) is 0. The summed E-state index contributed by atoms with van der Waals surface area (Å²) in [6.07, 6.45) is 0.859. The van der Waals surface area contributed by atoms with Gasteiger partial charge < -0.3 is 10.5 Å². The Balaban J connectivity index is 1.58. The second kappa shape index (κ2) is 6.83. The van der Waals surface area contributed by atoms with Crippen molar-refractivity contribution in [2.24, 2.45) is 5.73 Å². The molecule has 2 N–H and O–H groups in total. The molecule has 4 aromatic rings. The van der Waals surface area contributed by atoms with Gasteiger partial charge in [-0.05, 0) is 64.3 Å². The van der Waals surface area contributed by atoms with E-state index in [-0.39, 0.29) is 0 Å². The van der Waals surface area contributed by atoms with Crippen molar-refractivity contribution in [3.63, 3.8) is 0 Å². The first-order valence-electron chi connectivity index (χ1n) is 11.0. The summed E-state index contributed by atoms with van der Waals surface area (Å²) in [5, 5.41) is 0.